The monoisotopic (exact) mass is 231 g/mol. The van der Waals surface area contributed by atoms with Gasteiger partial charge in [-0.1, -0.05) is 6.92 Å². The van der Waals surface area contributed by atoms with E-state index in [-0.39, 0.29) is 0 Å². The standard InChI is InChI=1S/C8H13N3O3S/c1-3-6-4-9-11-8(6)10-7(12)5-15(2,13)14/h4H,3,5H2,1-2H3,(H2,9,10,11,12). The fourth-order valence-corrected chi connectivity index (χ4v) is 1.65. The third kappa shape index (κ3) is 3.70. The van der Waals surface area contributed by atoms with Crippen molar-refractivity contribution >= 4 is 21.6 Å². The van der Waals surface area contributed by atoms with Crippen molar-refractivity contribution in [3.8, 4) is 0 Å². The van der Waals surface area contributed by atoms with Crippen molar-refractivity contribution < 1.29 is 13.2 Å². The Labute approximate surface area is 88.0 Å². The van der Waals surface area contributed by atoms with Crippen LogP contribution in [0.3, 0.4) is 0 Å². The molecule has 1 heterocycles. The molecule has 0 radical (unpaired) electrons. The lowest BCUT2D eigenvalue weighted by Crippen LogP contribution is -2.22. The maximum absolute atomic E-state index is 11.3. The molecule has 7 heteroatoms. The van der Waals surface area contributed by atoms with Gasteiger partial charge in [0.15, 0.2) is 9.84 Å². The highest BCUT2D eigenvalue weighted by atomic mass is 32.2. The summed E-state index contributed by atoms with van der Waals surface area (Å²) in [6, 6.07) is 0. The zero-order valence-corrected chi connectivity index (χ0v) is 9.39. The van der Waals surface area contributed by atoms with Crippen molar-refractivity contribution in [1.29, 1.82) is 0 Å². The number of hydrogen-bond acceptors (Lipinski definition) is 4. The number of hydrogen-bond donors (Lipinski definition) is 2. The van der Waals surface area contributed by atoms with Crippen molar-refractivity contribution in [1.82, 2.24) is 10.2 Å². The van der Waals surface area contributed by atoms with Crippen LogP contribution < -0.4 is 5.32 Å². The molecular weight excluding hydrogens is 218 g/mol. The first-order valence-electron chi connectivity index (χ1n) is 4.42. The normalized spacial score (nSPS) is 11.3. The van der Waals surface area contributed by atoms with E-state index < -0.39 is 21.5 Å². The number of H-pyrrole nitrogens is 1. The van der Waals surface area contributed by atoms with Crippen LogP contribution in [0.2, 0.25) is 0 Å². The van der Waals surface area contributed by atoms with Gasteiger partial charge in [0.2, 0.25) is 5.91 Å². The lowest BCUT2D eigenvalue weighted by atomic mass is 10.2. The molecule has 0 bridgehead atoms. The molecule has 6 nitrogen and oxygen atoms in total. The summed E-state index contributed by atoms with van der Waals surface area (Å²) in [7, 11) is -3.29. The minimum atomic E-state index is -3.29. The molecule has 1 rings (SSSR count). The predicted molar refractivity (Wildman–Crippen MR) is 56.3 cm³/mol. The van der Waals surface area contributed by atoms with Crippen molar-refractivity contribution in [2.24, 2.45) is 0 Å². The van der Waals surface area contributed by atoms with Gasteiger partial charge in [0.25, 0.3) is 0 Å². The lowest BCUT2D eigenvalue weighted by Gasteiger charge is -2.03. The number of nitrogens with one attached hydrogen (secondary N) is 2. The molecule has 0 saturated carbocycles. The smallest absolute Gasteiger partial charge is 0.240 e. The Morgan fingerprint density at radius 2 is 2.27 bits per heavy atom. The zero-order valence-electron chi connectivity index (χ0n) is 8.57. The Morgan fingerprint density at radius 3 is 2.80 bits per heavy atom. The van der Waals surface area contributed by atoms with E-state index in [9.17, 15) is 13.2 Å². The molecule has 0 spiro atoms. The molecule has 0 aliphatic carbocycles. The molecule has 0 unspecified atom stereocenters. The van der Waals surface area contributed by atoms with E-state index in [0.29, 0.717) is 12.2 Å². The van der Waals surface area contributed by atoms with Gasteiger partial charge in [-0.25, -0.2) is 8.42 Å². The van der Waals surface area contributed by atoms with Crippen LogP contribution in [0.4, 0.5) is 5.82 Å². The highest BCUT2D eigenvalue weighted by Gasteiger charge is 2.13. The fraction of sp³-hybridized carbons (Fsp3) is 0.500. The van der Waals surface area contributed by atoms with E-state index in [2.05, 4.69) is 15.5 Å². The highest BCUT2D eigenvalue weighted by molar-refractivity contribution is 7.91. The number of carbonyl (C=O) groups is 1. The van der Waals surface area contributed by atoms with Crippen molar-refractivity contribution in [2.45, 2.75) is 13.3 Å². The zero-order chi connectivity index (χ0) is 11.5. The van der Waals surface area contributed by atoms with Gasteiger partial charge in [0.1, 0.15) is 11.6 Å². The maximum Gasteiger partial charge on any atom is 0.240 e. The van der Waals surface area contributed by atoms with Gasteiger partial charge in [-0.2, -0.15) is 5.10 Å². The summed E-state index contributed by atoms with van der Waals surface area (Å²) in [4.78, 5) is 11.3. The second-order valence-corrected chi connectivity index (χ2v) is 5.38. The van der Waals surface area contributed by atoms with Crippen LogP contribution in [0.25, 0.3) is 0 Å². The largest absolute Gasteiger partial charge is 0.310 e. The number of amides is 1. The SMILES string of the molecule is CCc1cn[nH]c1NC(=O)CS(C)(=O)=O. The van der Waals surface area contributed by atoms with E-state index in [0.717, 1.165) is 11.8 Å². The Hall–Kier alpha value is -1.37. The Kier molecular flexibility index (Phi) is 3.46. The molecule has 1 aromatic heterocycles. The van der Waals surface area contributed by atoms with Gasteiger partial charge in [0.05, 0.1) is 6.20 Å². The molecule has 0 atom stereocenters. The molecule has 15 heavy (non-hydrogen) atoms. The Balaban J connectivity index is 2.67. The topological polar surface area (TPSA) is 91.9 Å². The van der Waals surface area contributed by atoms with E-state index >= 15 is 0 Å². The second kappa shape index (κ2) is 4.43. The number of anilines is 1. The first-order valence-corrected chi connectivity index (χ1v) is 6.48. The third-order valence-corrected chi connectivity index (χ3v) is 2.54. The minimum Gasteiger partial charge on any atom is -0.310 e. The summed E-state index contributed by atoms with van der Waals surface area (Å²) in [6.45, 7) is 1.91. The summed E-state index contributed by atoms with van der Waals surface area (Å²) in [5.74, 6) is -0.613. The van der Waals surface area contributed by atoms with Crippen LogP contribution in [-0.4, -0.2) is 36.5 Å². The molecular formula is C8H13N3O3S. The van der Waals surface area contributed by atoms with Gasteiger partial charge >= 0.3 is 0 Å². The van der Waals surface area contributed by atoms with Gasteiger partial charge in [-0.15, -0.1) is 0 Å². The summed E-state index contributed by atoms with van der Waals surface area (Å²) in [6.07, 6.45) is 3.32. The number of sulfone groups is 1. The van der Waals surface area contributed by atoms with Crippen molar-refractivity contribution in [2.75, 3.05) is 17.3 Å². The Morgan fingerprint density at radius 1 is 1.60 bits per heavy atom. The van der Waals surface area contributed by atoms with E-state index in [1.165, 1.54) is 0 Å². The number of carbonyl (C=O) groups excluding carboxylic acids is 1. The second-order valence-electron chi connectivity index (χ2n) is 3.24. The molecule has 84 valence electrons. The maximum atomic E-state index is 11.3. The number of aromatic nitrogens is 2. The molecule has 1 amide bonds. The molecule has 0 saturated heterocycles. The van der Waals surface area contributed by atoms with E-state index in [1.807, 2.05) is 6.92 Å². The van der Waals surface area contributed by atoms with E-state index in [4.69, 9.17) is 0 Å². The van der Waals surface area contributed by atoms with Crippen molar-refractivity contribution in [3.05, 3.63) is 11.8 Å². The van der Waals surface area contributed by atoms with Crippen LogP contribution >= 0.6 is 0 Å². The molecule has 2 N–H and O–H groups in total. The third-order valence-electron chi connectivity index (χ3n) is 1.76. The van der Waals surface area contributed by atoms with Crippen LogP contribution in [0.1, 0.15) is 12.5 Å². The number of rotatable bonds is 4. The van der Waals surface area contributed by atoms with Crippen LogP contribution in [0, 0.1) is 0 Å². The van der Waals surface area contributed by atoms with Gasteiger partial charge in [0, 0.05) is 11.8 Å². The molecule has 0 aliphatic rings. The average Bonchev–Trinajstić information content (AvgIpc) is 2.48. The van der Waals surface area contributed by atoms with Crippen LogP contribution in [0.5, 0.6) is 0 Å². The van der Waals surface area contributed by atoms with Gasteiger partial charge in [-0.3, -0.25) is 9.89 Å². The summed E-state index contributed by atoms with van der Waals surface area (Å²) >= 11 is 0. The average molecular weight is 231 g/mol. The molecule has 0 aromatic carbocycles. The summed E-state index contributed by atoms with van der Waals surface area (Å²) in [5, 5.41) is 8.81. The quantitative estimate of drug-likeness (QED) is 0.760. The van der Waals surface area contributed by atoms with Gasteiger partial charge < -0.3 is 5.32 Å². The molecule has 0 fully saturated rings. The number of aryl methyl sites for hydroxylation is 1. The summed E-state index contributed by atoms with van der Waals surface area (Å²) in [5.41, 5.74) is 0.844. The minimum absolute atomic E-state index is 0.464. The lowest BCUT2D eigenvalue weighted by molar-refractivity contribution is -0.113. The van der Waals surface area contributed by atoms with Crippen LogP contribution in [-0.2, 0) is 21.1 Å². The van der Waals surface area contributed by atoms with Crippen LogP contribution in [0.15, 0.2) is 6.20 Å². The number of aromatic amines is 1. The van der Waals surface area contributed by atoms with E-state index in [1.54, 1.807) is 6.20 Å². The fourth-order valence-electron chi connectivity index (χ4n) is 1.10. The predicted octanol–water partition coefficient (Wildman–Crippen LogP) is -0.0448. The first-order chi connectivity index (χ1) is 6.92. The highest BCUT2D eigenvalue weighted by Crippen LogP contribution is 2.10. The van der Waals surface area contributed by atoms with Crippen molar-refractivity contribution in [3.63, 3.8) is 0 Å². The first kappa shape index (κ1) is 11.7. The Bertz CT molecular complexity index is 449. The molecule has 0 aliphatic heterocycles. The number of nitrogens with zero attached hydrogens (tertiary/aromatic N) is 1. The van der Waals surface area contributed by atoms with Gasteiger partial charge in [-0.05, 0) is 6.42 Å². The summed E-state index contributed by atoms with van der Waals surface area (Å²) < 4.78 is 21.7. The molecule has 1 aromatic rings.